The Morgan fingerprint density at radius 1 is 0.755 bits per heavy atom. The molecule has 252 valence electrons. The molecule has 0 aromatic heterocycles. The second-order valence-electron chi connectivity index (χ2n) is 14.7. The quantitative estimate of drug-likeness (QED) is 0.174. The van der Waals surface area contributed by atoms with Gasteiger partial charge in [-0.25, -0.2) is 0 Å². The number of halogens is 1. The predicted octanol–water partition coefficient (Wildman–Crippen LogP) is 9.98. The highest BCUT2D eigenvalue weighted by Crippen LogP contribution is 2.51. The first-order valence-corrected chi connectivity index (χ1v) is 18.2. The Morgan fingerprint density at radius 3 is 2.14 bits per heavy atom. The average molecular weight is 672 g/mol. The van der Waals surface area contributed by atoms with E-state index >= 15 is 0 Å². The van der Waals surface area contributed by atoms with E-state index in [0.717, 1.165) is 37.4 Å². The summed E-state index contributed by atoms with van der Waals surface area (Å²) in [5, 5.41) is 25.5. The summed E-state index contributed by atoms with van der Waals surface area (Å²) in [6, 6.07) is 26.2. The van der Waals surface area contributed by atoms with Gasteiger partial charge in [0.05, 0.1) is 5.41 Å². The van der Waals surface area contributed by atoms with Gasteiger partial charge in [-0.15, -0.1) is 0 Å². The van der Waals surface area contributed by atoms with E-state index in [1.807, 2.05) is 0 Å². The Morgan fingerprint density at radius 2 is 1.43 bits per heavy atom. The molecule has 3 aliphatic rings. The molecule has 4 aromatic carbocycles. The minimum atomic E-state index is -0.210. The first-order chi connectivity index (χ1) is 23.7. The molecular weight excluding hydrogens is 624 g/mol. The molecule has 7 rings (SSSR count). The van der Waals surface area contributed by atoms with Gasteiger partial charge in [-0.3, -0.25) is 0 Å². The average Bonchev–Trinajstić information content (AvgIpc) is 3.46. The van der Waals surface area contributed by atoms with Crippen LogP contribution in [0, 0.1) is 0 Å². The van der Waals surface area contributed by atoms with Crippen LogP contribution in [0.5, 0.6) is 0 Å². The maximum Gasteiger partial charge on any atom is 0.210 e. The van der Waals surface area contributed by atoms with Gasteiger partial charge in [0.1, 0.15) is 0 Å². The van der Waals surface area contributed by atoms with Crippen molar-refractivity contribution in [2.45, 2.75) is 70.6 Å². The molecule has 0 amide bonds. The van der Waals surface area contributed by atoms with E-state index < -0.39 is 0 Å². The number of aliphatic hydroxyl groups is 2. The summed E-state index contributed by atoms with van der Waals surface area (Å²) >= 11 is 7.26. The Bertz CT molecular complexity index is 2090. The van der Waals surface area contributed by atoms with Crippen LogP contribution in [-0.2, 0) is 10.8 Å². The van der Waals surface area contributed by atoms with E-state index in [0.29, 0.717) is 12.8 Å². The summed E-state index contributed by atoms with van der Waals surface area (Å²) in [6.45, 7) is 11.1. The van der Waals surface area contributed by atoms with Gasteiger partial charge in [0, 0.05) is 65.7 Å². The third-order valence-corrected chi connectivity index (χ3v) is 11.4. The number of hydrogen-bond acceptors (Lipinski definition) is 3. The molecule has 1 aliphatic carbocycles. The van der Waals surface area contributed by atoms with Crippen LogP contribution < -0.4 is 4.90 Å². The summed E-state index contributed by atoms with van der Waals surface area (Å²) in [7, 11) is 0. The van der Waals surface area contributed by atoms with E-state index in [4.69, 9.17) is 11.6 Å². The largest absolute Gasteiger partial charge is 0.396 e. The lowest BCUT2D eigenvalue weighted by molar-refractivity contribution is -0.438. The Kier molecular flexibility index (Phi) is 9.17. The van der Waals surface area contributed by atoms with Crippen molar-refractivity contribution in [3.05, 3.63) is 130 Å². The van der Waals surface area contributed by atoms with Crippen LogP contribution in [0.15, 0.2) is 119 Å². The lowest BCUT2D eigenvalue weighted by Gasteiger charge is -2.27. The number of rotatable bonds is 9. The second-order valence-corrected chi connectivity index (χ2v) is 15.1. The Balaban J connectivity index is 1.26. The number of aliphatic hydroxyl groups excluding tert-OH is 2. The van der Waals surface area contributed by atoms with E-state index in [1.54, 1.807) is 0 Å². The molecule has 4 aromatic rings. The highest BCUT2D eigenvalue weighted by atomic mass is 35.5. The van der Waals surface area contributed by atoms with Gasteiger partial charge in [-0.05, 0) is 96.0 Å². The molecule has 0 saturated heterocycles. The van der Waals surface area contributed by atoms with Crippen LogP contribution in [-0.4, -0.2) is 46.8 Å². The number of nitrogens with zero attached hydrogens (tertiary/aromatic N) is 2. The molecule has 2 N–H and O–H groups in total. The number of benzene rings is 4. The van der Waals surface area contributed by atoms with Gasteiger partial charge >= 0.3 is 0 Å². The summed E-state index contributed by atoms with van der Waals surface area (Å²) in [4.78, 5) is 2.40. The first-order valence-electron chi connectivity index (χ1n) is 17.9. The fourth-order valence-corrected chi connectivity index (χ4v) is 8.89. The molecule has 0 saturated carbocycles. The van der Waals surface area contributed by atoms with Crippen molar-refractivity contribution in [3.63, 3.8) is 0 Å². The lowest BCUT2D eigenvalue weighted by Crippen LogP contribution is -2.28. The van der Waals surface area contributed by atoms with E-state index in [-0.39, 0.29) is 24.0 Å². The van der Waals surface area contributed by atoms with Gasteiger partial charge in [0.15, 0.2) is 12.3 Å². The van der Waals surface area contributed by atoms with E-state index in [9.17, 15) is 10.2 Å². The number of allylic oxidation sites excluding steroid dienone is 8. The van der Waals surface area contributed by atoms with Crippen LogP contribution >= 0.6 is 11.6 Å². The molecule has 4 nitrogen and oxygen atoms in total. The van der Waals surface area contributed by atoms with E-state index in [2.05, 4.69) is 134 Å². The third-order valence-electron chi connectivity index (χ3n) is 10.9. The molecule has 49 heavy (non-hydrogen) atoms. The van der Waals surface area contributed by atoms with Gasteiger partial charge in [-0.2, -0.15) is 4.58 Å². The van der Waals surface area contributed by atoms with Crippen molar-refractivity contribution < 1.29 is 14.8 Å². The molecule has 2 heterocycles. The molecular formula is C44H48ClN2O2+. The minimum absolute atomic E-state index is 0.160. The van der Waals surface area contributed by atoms with Crippen LogP contribution in [0.4, 0.5) is 11.4 Å². The zero-order valence-electron chi connectivity index (χ0n) is 29.3. The van der Waals surface area contributed by atoms with Gasteiger partial charge in [0.2, 0.25) is 5.69 Å². The van der Waals surface area contributed by atoms with E-state index in [1.165, 1.54) is 66.6 Å². The van der Waals surface area contributed by atoms with Crippen molar-refractivity contribution in [2.75, 3.05) is 31.2 Å². The van der Waals surface area contributed by atoms with Gasteiger partial charge in [0.25, 0.3) is 0 Å². The maximum atomic E-state index is 9.77. The van der Waals surface area contributed by atoms with Crippen molar-refractivity contribution in [1.29, 1.82) is 0 Å². The number of fused-ring (bicyclic) bond motifs is 6. The first kappa shape index (κ1) is 33.5. The van der Waals surface area contributed by atoms with Crippen LogP contribution in [0.2, 0.25) is 0 Å². The predicted molar refractivity (Wildman–Crippen MR) is 207 cm³/mol. The van der Waals surface area contributed by atoms with Crippen molar-refractivity contribution in [3.8, 4) is 0 Å². The molecule has 2 aliphatic heterocycles. The summed E-state index contributed by atoms with van der Waals surface area (Å²) < 4.78 is 2.40. The molecule has 0 radical (unpaired) electrons. The Labute approximate surface area is 296 Å². The lowest BCUT2D eigenvalue weighted by atomic mass is 9.78. The molecule has 5 heteroatoms. The molecule has 0 fully saturated rings. The monoisotopic (exact) mass is 671 g/mol. The van der Waals surface area contributed by atoms with Crippen LogP contribution in [0.1, 0.15) is 70.9 Å². The zero-order chi connectivity index (χ0) is 34.3. The topological polar surface area (TPSA) is 46.7 Å². The molecule has 0 atom stereocenters. The van der Waals surface area contributed by atoms with Crippen LogP contribution in [0.3, 0.4) is 0 Å². The summed E-state index contributed by atoms with van der Waals surface area (Å²) in [6.07, 6.45) is 13.4. The molecule has 0 bridgehead atoms. The molecule has 0 spiro atoms. The second kappa shape index (κ2) is 13.4. The third kappa shape index (κ3) is 5.78. The van der Waals surface area contributed by atoms with Gasteiger partial charge in [-0.1, -0.05) is 92.2 Å². The normalized spacial score (nSPS) is 20.1. The standard InChI is InChI=1S/C44H48ClN2O2/c1-43(2)38(46(26-10-28-48)36-22-18-30-12-5-7-16-34(30)40(36)43)24-20-32-14-9-15-33(42(32)45)21-25-39-44(3,4)41-35-17-8-6-13-31(35)19-23-37(41)47(39)27-11-29-49/h5-8,12-13,16-25,48-49H,9-11,14-15,26-29H2,1-4H3/q+1. The highest BCUT2D eigenvalue weighted by Gasteiger charge is 2.45. The number of hydrogen-bond donors (Lipinski definition) is 2. The highest BCUT2D eigenvalue weighted by molar-refractivity contribution is 6.32. The fourth-order valence-electron chi connectivity index (χ4n) is 8.58. The fraction of sp³-hybridized carbons (Fsp3) is 0.341. The SMILES string of the molecule is CC1(C)C(/C=C/C2=C(Cl)C(=C/C=C3/N(CCCO)c4ccc5ccccc5c4C3(C)C)/CCC2)=[N+](CCCO)c2ccc3ccccc3c21. The smallest absolute Gasteiger partial charge is 0.210 e. The summed E-state index contributed by atoms with van der Waals surface area (Å²) in [5.74, 6) is 0. The van der Waals surface area contributed by atoms with Crippen molar-refractivity contribution in [1.82, 2.24) is 0 Å². The summed E-state index contributed by atoms with van der Waals surface area (Å²) in [5.41, 5.74) is 9.53. The number of anilines is 1. The zero-order valence-corrected chi connectivity index (χ0v) is 30.0. The maximum absolute atomic E-state index is 9.77. The van der Waals surface area contributed by atoms with Crippen molar-refractivity contribution in [2.24, 2.45) is 0 Å². The van der Waals surface area contributed by atoms with Crippen LogP contribution in [0.25, 0.3) is 21.5 Å². The van der Waals surface area contributed by atoms with Gasteiger partial charge < -0.3 is 15.1 Å². The Hall–Kier alpha value is -3.96. The van der Waals surface area contributed by atoms with Crippen molar-refractivity contribution >= 4 is 50.2 Å². The minimum Gasteiger partial charge on any atom is -0.396 e. The molecule has 0 unspecified atom stereocenters.